The summed E-state index contributed by atoms with van der Waals surface area (Å²) in [5.74, 6) is 1.90. The van der Waals surface area contributed by atoms with E-state index in [1.54, 1.807) is 0 Å². The molecule has 0 bridgehead atoms. The van der Waals surface area contributed by atoms with Crippen LogP contribution in [-0.4, -0.2) is 44.4 Å². The second-order valence-electron chi connectivity index (χ2n) is 7.76. The van der Waals surface area contributed by atoms with E-state index in [9.17, 15) is 4.79 Å². The van der Waals surface area contributed by atoms with E-state index in [2.05, 4.69) is 33.8 Å². The topological polar surface area (TPSA) is 51.0 Å². The smallest absolute Gasteiger partial charge is 0.233 e. The van der Waals surface area contributed by atoms with Crippen LogP contribution >= 0.6 is 23.4 Å². The number of halogens is 1. The highest BCUT2D eigenvalue weighted by molar-refractivity contribution is 7.99. The lowest BCUT2D eigenvalue weighted by atomic mass is 10.0. The fraction of sp³-hybridized carbons (Fsp3) is 0.348. The van der Waals surface area contributed by atoms with Crippen molar-refractivity contribution in [3.05, 3.63) is 65.2 Å². The van der Waals surface area contributed by atoms with Gasteiger partial charge in [-0.25, -0.2) is 0 Å². The van der Waals surface area contributed by atoms with Crippen LogP contribution in [0, 0.1) is 5.92 Å². The van der Waals surface area contributed by atoms with E-state index in [0.29, 0.717) is 23.2 Å². The minimum absolute atomic E-state index is 0.175. The van der Waals surface area contributed by atoms with Gasteiger partial charge in [-0.15, -0.1) is 10.2 Å². The maximum absolute atomic E-state index is 12.7. The highest BCUT2D eigenvalue weighted by atomic mass is 35.5. The molecule has 3 aromatic rings. The first-order valence-electron chi connectivity index (χ1n) is 10.2. The first-order chi connectivity index (χ1) is 14.6. The third-order valence-corrected chi connectivity index (χ3v) is 6.54. The molecule has 2 aromatic carbocycles. The molecule has 1 aliphatic heterocycles. The zero-order valence-corrected chi connectivity index (χ0v) is 18.6. The maximum Gasteiger partial charge on any atom is 0.233 e. The molecule has 1 aromatic heterocycles. The maximum atomic E-state index is 12.7. The van der Waals surface area contributed by atoms with Crippen LogP contribution in [0.25, 0.3) is 11.4 Å². The summed E-state index contributed by atoms with van der Waals surface area (Å²) < 4.78 is 2.08. The van der Waals surface area contributed by atoms with Gasteiger partial charge in [-0.05, 0) is 48.6 Å². The Hall–Kier alpha value is -2.31. The van der Waals surface area contributed by atoms with E-state index >= 15 is 0 Å². The van der Waals surface area contributed by atoms with Gasteiger partial charge in [0.05, 0.1) is 12.3 Å². The molecule has 1 saturated heterocycles. The van der Waals surface area contributed by atoms with Crippen molar-refractivity contribution in [1.29, 1.82) is 0 Å². The van der Waals surface area contributed by atoms with E-state index < -0.39 is 0 Å². The quantitative estimate of drug-likeness (QED) is 0.506. The summed E-state index contributed by atoms with van der Waals surface area (Å²) >= 11 is 7.51. The number of carbonyl (C=O) groups is 1. The molecule has 0 unspecified atom stereocenters. The molecule has 1 fully saturated rings. The van der Waals surface area contributed by atoms with Crippen molar-refractivity contribution in [1.82, 2.24) is 19.7 Å². The summed E-state index contributed by atoms with van der Waals surface area (Å²) in [5.41, 5.74) is 2.11. The number of aromatic nitrogens is 3. The summed E-state index contributed by atoms with van der Waals surface area (Å²) in [4.78, 5) is 14.7. The number of nitrogens with zero attached hydrogens (tertiary/aromatic N) is 4. The molecule has 7 heteroatoms. The Balaban J connectivity index is 1.56. The zero-order valence-electron chi connectivity index (χ0n) is 17.0. The predicted molar refractivity (Wildman–Crippen MR) is 122 cm³/mol. The normalized spacial score (nSPS) is 16.6. The third-order valence-electron chi connectivity index (χ3n) is 5.34. The number of rotatable bonds is 6. The largest absolute Gasteiger partial charge is 0.342 e. The average molecular weight is 441 g/mol. The Morgan fingerprint density at radius 1 is 1.13 bits per heavy atom. The zero-order chi connectivity index (χ0) is 20.9. The van der Waals surface area contributed by atoms with Crippen LogP contribution in [0.4, 0.5) is 0 Å². The highest BCUT2D eigenvalue weighted by Crippen LogP contribution is 2.27. The van der Waals surface area contributed by atoms with E-state index in [1.165, 1.54) is 18.2 Å². The number of amides is 1. The number of piperidine rings is 1. The van der Waals surface area contributed by atoms with Crippen molar-refractivity contribution in [2.24, 2.45) is 5.92 Å². The molecule has 156 valence electrons. The molecule has 1 atom stereocenters. The summed E-state index contributed by atoms with van der Waals surface area (Å²) in [5, 5.41) is 10.3. The van der Waals surface area contributed by atoms with Crippen LogP contribution < -0.4 is 0 Å². The molecule has 4 rings (SSSR count). The number of likely N-dealkylation sites (tertiary alicyclic amines) is 1. The molecular weight excluding hydrogens is 416 g/mol. The monoisotopic (exact) mass is 440 g/mol. The van der Waals surface area contributed by atoms with Gasteiger partial charge in [0.25, 0.3) is 0 Å². The van der Waals surface area contributed by atoms with Crippen LogP contribution in [0.15, 0.2) is 59.8 Å². The first-order valence-corrected chi connectivity index (χ1v) is 11.6. The number of benzene rings is 2. The molecule has 0 aliphatic carbocycles. The van der Waals surface area contributed by atoms with E-state index in [-0.39, 0.29) is 5.91 Å². The van der Waals surface area contributed by atoms with Gasteiger partial charge in [0.15, 0.2) is 11.0 Å². The number of carbonyl (C=O) groups excluding carboxylic acids is 1. The second-order valence-corrected chi connectivity index (χ2v) is 9.14. The van der Waals surface area contributed by atoms with Gasteiger partial charge in [0, 0.05) is 23.7 Å². The van der Waals surface area contributed by atoms with Crippen molar-refractivity contribution < 1.29 is 4.79 Å². The minimum atomic E-state index is 0.175. The fourth-order valence-electron chi connectivity index (χ4n) is 3.75. The number of thioether (sulfide) groups is 1. The molecule has 30 heavy (non-hydrogen) atoms. The van der Waals surface area contributed by atoms with Crippen LogP contribution in [-0.2, 0) is 11.3 Å². The third kappa shape index (κ3) is 5.05. The van der Waals surface area contributed by atoms with Gasteiger partial charge >= 0.3 is 0 Å². The molecule has 1 amide bonds. The van der Waals surface area contributed by atoms with Crippen molar-refractivity contribution in [2.45, 2.75) is 31.5 Å². The lowest BCUT2D eigenvalue weighted by Gasteiger charge is -2.30. The van der Waals surface area contributed by atoms with Crippen LogP contribution in [0.3, 0.4) is 0 Å². The summed E-state index contributed by atoms with van der Waals surface area (Å²) in [6, 6.07) is 17.8. The van der Waals surface area contributed by atoms with Crippen molar-refractivity contribution >= 4 is 29.3 Å². The number of hydrogen-bond donors (Lipinski definition) is 0. The Bertz CT molecular complexity index is 990. The molecule has 0 spiro atoms. The Kier molecular flexibility index (Phi) is 6.75. The lowest BCUT2D eigenvalue weighted by molar-refractivity contribution is -0.130. The van der Waals surface area contributed by atoms with Gasteiger partial charge in [-0.2, -0.15) is 0 Å². The van der Waals surface area contributed by atoms with Crippen molar-refractivity contribution in [3.8, 4) is 11.4 Å². The first kappa shape index (κ1) is 20.9. The van der Waals surface area contributed by atoms with Crippen LogP contribution in [0.5, 0.6) is 0 Å². The predicted octanol–water partition coefficient (Wildman–Crippen LogP) is 5.00. The van der Waals surface area contributed by atoms with Crippen molar-refractivity contribution in [2.75, 3.05) is 18.8 Å². The van der Waals surface area contributed by atoms with E-state index in [1.807, 2.05) is 47.4 Å². The van der Waals surface area contributed by atoms with Gasteiger partial charge in [0.1, 0.15) is 0 Å². The second kappa shape index (κ2) is 9.67. The Morgan fingerprint density at radius 3 is 2.63 bits per heavy atom. The number of hydrogen-bond acceptors (Lipinski definition) is 4. The molecule has 0 saturated carbocycles. The van der Waals surface area contributed by atoms with Gasteiger partial charge in [-0.3, -0.25) is 9.36 Å². The average Bonchev–Trinajstić information content (AvgIpc) is 3.15. The highest BCUT2D eigenvalue weighted by Gasteiger charge is 2.22. The summed E-state index contributed by atoms with van der Waals surface area (Å²) in [7, 11) is 0. The molecule has 1 aliphatic rings. The van der Waals surface area contributed by atoms with E-state index in [4.69, 9.17) is 11.6 Å². The molecule has 2 heterocycles. The molecular formula is C23H25ClN4OS. The lowest BCUT2D eigenvalue weighted by Crippen LogP contribution is -2.40. The van der Waals surface area contributed by atoms with Crippen LogP contribution in [0.1, 0.15) is 25.3 Å². The van der Waals surface area contributed by atoms with Gasteiger partial charge in [0.2, 0.25) is 5.91 Å². The van der Waals surface area contributed by atoms with Gasteiger partial charge in [-0.1, -0.05) is 60.6 Å². The Morgan fingerprint density at radius 2 is 1.90 bits per heavy atom. The van der Waals surface area contributed by atoms with Crippen molar-refractivity contribution in [3.63, 3.8) is 0 Å². The SMILES string of the molecule is C[C@H]1CCCN(C(=O)CSc2nnc(-c3ccc(Cl)cc3)n2Cc2ccccc2)C1. The summed E-state index contributed by atoms with van der Waals surface area (Å²) in [6.07, 6.45) is 2.29. The molecule has 5 nitrogen and oxygen atoms in total. The molecule has 0 N–H and O–H groups in total. The fourth-order valence-corrected chi connectivity index (χ4v) is 4.72. The molecule has 0 radical (unpaired) electrons. The Labute approximate surface area is 186 Å². The summed E-state index contributed by atoms with van der Waals surface area (Å²) in [6.45, 7) is 4.56. The van der Waals surface area contributed by atoms with Crippen LogP contribution in [0.2, 0.25) is 5.02 Å². The minimum Gasteiger partial charge on any atom is -0.342 e. The van der Waals surface area contributed by atoms with Gasteiger partial charge < -0.3 is 4.90 Å². The standard InChI is InChI=1S/C23H25ClN4OS/c1-17-6-5-13-27(14-17)21(29)16-30-23-26-25-22(19-9-11-20(24)12-10-19)28(23)15-18-7-3-2-4-8-18/h2-4,7-12,17H,5-6,13-16H2,1H3/t17-/m0/s1. The van der Waals surface area contributed by atoms with E-state index in [0.717, 1.165) is 41.6 Å².